The quantitative estimate of drug-likeness (QED) is 0.576. The van der Waals surface area contributed by atoms with E-state index < -0.39 is 8.87 Å². The number of hydrogen-bond donors (Lipinski definition) is 0. The molecule has 0 fully saturated rings. The minimum atomic E-state index is -1.49. The molecule has 0 aliphatic rings. The zero-order valence-corrected chi connectivity index (χ0v) is 12.3. The van der Waals surface area contributed by atoms with Gasteiger partial charge in [-0.3, -0.25) is 0 Å². The van der Waals surface area contributed by atoms with Gasteiger partial charge in [-0.15, -0.1) is 0 Å². The average Bonchev–Trinajstić information content (AvgIpc) is 2.26. The second kappa shape index (κ2) is 4.93. The van der Waals surface area contributed by atoms with Gasteiger partial charge in [-0.25, -0.2) is 4.39 Å². The first-order valence-electron chi connectivity index (χ1n) is 4.77. The van der Waals surface area contributed by atoms with Crippen LogP contribution in [0.2, 0.25) is 0 Å². The summed E-state index contributed by atoms with van der Waals surface area (Å²) in [7, 11) is 0. The molecule has 0 radical (unpaired) electrons. The summed E-state index contributed by atoms with van der Waals surface area (Å²) in [6.45, 7) is 0. The Kier molecular flexibility index (Phi) is 3.89. The molecular formula is C12H7BrCl3F. The number of benzene rings is 2. The molecule has 2 aromatic carbocycles. The predicted molar refractivity (Wildman–Crippen MR) is 76.0 cm³/mol. The number of alkyl halides is 5. The molecule has 17 heavy (non-hydrogen) atoms. The van der Waals surface area contributed by atoms with E-state index in [9.17, 15) is 4.39 Å². The minimum Gasteiger partial charge on any atom is -0.225 e. The molecule has 0 bridgehead atoms. The fourth-order valence-corrected chi connectivity index (χ4v) is 2.19. The molecule has 0 saturated heterocycles. The molecule has 2 rings (SSSR count). The van der Waals surface area contributed by atoms with Gasteiger partial charge in [0.25, 0.3) is 0 Å². The van der Waals surface area contributed by atoms with Crippen molar-refractivity contribution in [1.29, 1.82) is 0 Å². The van der Waals surface area contributed by atoms with Crippen molar-refractivity contribution in [2.75, 3.05) is 0 Å². The first-order valence-corrected chi connectivity index (χ1v) is 6.75. The van der Waals surface area contributed by atoms with Crippen molar-refractivity contribution in [1.82, 2.24) is 0 Å². The molecule has 0 aromatic heterocycles. The molecule has 0 spiro atoms. The zero-order valence-electron chi connectivity index (χ0n) is 8.43. The lowest BCUT2D eigenvalue weighted by Crippen LogP contribution is -1.98. The summed E-state index contributed by atoms with van der Waals surface area (Å²) in [5.41, 5.74) is -0.326. The van der Waals surface area contributed by atoms with E-state index in [1.54, 1.807) is 24.3 Å². The second-order valence-electron chi connectivity index (χ2n) is 3.62. The number of fused-ring (bicyclic) bond motifs is 1. The predicted octanol–water partition coefficient (Wildman–Crippen LogP) is 6.03. The Labute approximate surface area is 122 Å². The lowest BCUT2D eigenvalue weighted by Gasteiger charge is -2.12. The van der Waals surface area contributed by atoms with E-state index in [2.05, 4.69) is 15.9 Å². The van der Waals surface area contributed by atoms with Gasteiger partial charge in [-0.05, 0) is 44.4 Å². The van der Waals surface area contributed by atoms with E-state index in [1.807, 2.05) is 12.1 Å². The van der Waals surface area contributed by atoms with Crippen molar-refractivity contribution in [3.8, 4) is 0 Å². The molecule has 0 saturated carbocycles. The molecular weight excluding hydrogens is 349 g/mol. The monoisotopic (exact) mass is 354 g/mol. The third-order valence-electron chi connectivity index (χ3n) is 2.44. The minimum absolute atomic E-state index is 0.439. The summed E-state index contributed by atoms with van der Waals surface area (Å²) in [6, 6.07) is 10.6. The summed E-state index contributed by atoms with van der Waals surface area (Å²) >= 11 is 20.4. The van der Waals surface area contributed by atoms with Gasteiger partial charge < -0.3 is 0 Å². The van der Waals surface area contributed by atoms with Gasteiger partial charge in [-0.2, -0.15) is 0 Å². The number of halogens is 5. The molecule has 0 N–H and O–H groups in total. The Hall–Kier alpha value is -0.0200. The maximum atomic E-state index is 12.9. The molecule has 0 heterocycles. The van der Waals surface area contributed by atoms with Crippen LogP contribution in [0, 0.1) is 0 Å². The first kappa shape index (κ1) is 13.4. The molecule has 1 unspecified atom stereocenters. The molecule has 5 heteroatoms. The van der Waals surface area contributed by atoms with Crippen molar-refractivity contribution in [2.45, 2.75) is 8.87 Å². The van der Waals surface area contributed by atoms with Crippen molar-refractivity contribution < 1.29 is 4.39 Å². The van der Waals surface area contributed by atoms with Crippen molar-refractivity contribution >= 4 is 61.5 Å². The summed E-state index contributed by atoms with van der Waals surface area (Å²) in [5, 5.41) is 1.81. The maximum absolute atomic E-state index is 12.9. The van der Waals surface area contributed by atoms with Gasteiger partial charge in [-0.1, -0.05) is 59.1 Å². The van der Waals surface area contributed by atoms with Gasteiger partial charge in [0.15, 0.2) is 8.87 Å². The van der Waals surface area contributed by atoms with Gasteiger partial charge in [0, 0.05) is 5.56 Å². The standard InChI is InChI=1S/C12H7BrCl3F/c13-12(15,16)10-4-3-7-5-9(11(14)17)2-1-8(7)6-10/h1-6,11H. The Balaban J connectivity index is 2.54. The lowest BCUT2D eigenvalue weighted by molar-refractivity contribution is 0.461. The highest BCUT2D eigenvalue weighted by Gasteiger charge is 2.22. The SMILES string of the molecule is FC(Cl)c1ccc2cc(C(Cl)(Cl)Br)ccc2c1. The van der Waals surface area contributed by atoms with E-state index >= 15 is 0 Å². The molecule has 0 aliphatic heterocycles. The van der Waals surface area contributed by atoms with E-state index in [4.69, 9.17) is 34.8 Å². The third kappa shape index (κ3) is 3.05. The lowest BCUT2D eigenvalue weighted by atomic mass is 10.1. The van der Waals surface area contributed by atoms with Crippen LogP contribution in [0.1, 0.15) is 16.8 Å². The molecule has 2 aromatic rings. The molecule has 0 aliphatic carbocycles. The van der Waals surface area contributed by atoms with Gasteiger partial charge in [0.2, 0.25) is 0 Å². The van der Waals surface area contributed by atoms with Gasteiger partial charge >= 0.3 is 0 Å². The Morgan fingerprint density at radius 3 is 2.24 bits per heavy atom. The molecule has 0 amide bonds. The summed E-state index contributed by atoms with van der Waals surface area (Å²) < 4.78 is 11.8. The van der Waals surface area contributed by atoms with Crippen molar-refractivity contribution in [3.05, 3.63) is 47.5 Å². The highest BCUT2D eigenvalue weighted by molar-refractivity contribution is 9.10. The van der Waals surface area contributed by atoms with Crippen LogP contribution in [-0.2, 0) is 3.24 Å². The van der Waals surface area contributed by atoms with Crippen LogP contribution >= 0.6 is 50.7 Å². The number of hydrogen-bond acceptors (Lipinski definition) is 0. The third-order valence-corrected chi connectivity index (χ3v) is 3.59. The zero-order chi connectivity index (χ0) is 12.6. The van der Waals surface area contributed by atoms with Crippen LogP contribution in [0.15, 0.2) is 36.4 Å². The number of rotatable bonds is 2. The molecule has 0 nitrogen and oxygen atoms in total. The van der Waals surface area contributed by atoms with Crippen LogP contribution in [-0.4, -0.2) is 0 Å². The van der Waals surface area contributed by atoms with Crippen LogP contribution < -0.4 is 0 Å². The van der Waals surface area contributed by atoms with Gasteiger partial charge in [0.05, 0.1) is 0 Å². The average molecular weight is 356 g/mol. The first-order chi connectivity index (χ1) is 7.88. The fraction of sp³-hybridized carbons (Fsp3) is 0.167. The maximum Gasteiger partial charge on any atom is 0.198 e. The Morgan fingerprint density at radius 1 is 1.06 bits per heavy atom. The second-order valence-corrected chi connectivity index (χ2v) is 7.43. The summed E-state index contributed by atoms with van der Waals surface area (Å²) in [6.07, 6.45) is 0. The largest absolute Gasteiger partial charge is 0.225 e. The highest BCUT2D eigenvalue weighted by Crippen LogP contribution is 2.41. The smallest absolute Gasteiger partial charge is 0.198 e. The van der Waals surface area contributed by atoms with E-state index in [-0.39, 0.29) is 0 Å². The Bertz CT molecular complexity index is 549. The van der Waals surface area contributed by atoms with E-state index in [1.165, 1.54) is 0 Å². The van der Waals surface area contributed by atoms with Crippen LogP contribution in [0.5, 0.6) is 0 Å². The van der Waals surface area contributed by atoms with Gasteiger partial charge in [0.1, 0.15) is 0 Å². The van der Waals surface area contributed by atoms with Crippen LogP contribution in [0.25, 0.3) is 10.8 Å². The Morgan fingerprint density at radius 2 is 1.65 bits per heavy atom. The summed E-state index contributed by atoms with van der Waals surface area (Å²) in [4.78, 5) is 0. The fourth-order valence-electron chi connectivity index (χ4n) is 1.58. The van der Waals surface area contributed by atoms with Crippen LogP contribution in [0.4, 0.5) is 4.39 Å². The van der Waals surface area contributed by atoms with E-state index in [0.29, 0.717) is 5.56 Å². The molecule has 1 atom stereocenters. The highest BCUT2D eigenvalue weighted by atomic mass is 79.9. The van der Waals surface area contributed by atoms with E-state index in [0.717, 1.165) is 16.3 Å². The summed E-state index contributed by atoms with van der Waals surface area (Å²) in [5.74, 6) is 0. The molecule has 90 valence electrons. The topological polar surface area (TPSA) is 0 Å². The van der Waals surface area contributed by atoms with Crippen LogP contribution in [0.3, 0.4) is 0 Å². The van der Waals surface area contributed by atoms with Crippen molar-refractivity contribution in [3.63, 3.8) is 0 Å². The van der Waals surface area contributed by atoms with Crippen molar-refractivity contribution in [2.24, 2.45) is 0 Å². The normalized spacial score (nSPS) is 13.9.